The molecule has 1 aromatic carbocycles. The van der Waals surface area contributed by atoms with Crippen LogP contribution in [0, 0.1) is 17.0 Å². The van der Waals surface area contributed by atoms with Gasteiger partial charge in [0.05, 0.1) is 35.9 Å². The lowest BCUT2D eigenvalue weighted by atomic mass is 10.2. The molecule has 10 nitrogen and oxygen atoms in total. The van der Waals surface area contributed by atoms with Crippen LogP contribution in [0.4, 0.5) is 11.4 Å². The maximum Gasteiger partial charge on any atom is 0.306 e. The number of esters is 1. The lowest BCUT2D eigenvalue weighted by Gasteiger charge is -2.11. The molecule has 3 rings (SSSR count). The Balaban J connectivity index is 1.86. The van der Waals surface area contributed by atoms with Crippen LogP contribution in [0.3, 0.4) is 0 Å². The number of aromatic nitrogens is 3. The van der Waals surface area contributed by atoms with Crippen molar-refractivity contribution in [1.82, 2.24) is 14.5 Å². The Morgan fingerprint density at radius 2 is 1.88 bits per heavy atom. The number of unbranched alkanes of at least 4 members (excludes halogenated alkanes) is 1. The number of rotatable bonds is 11. The summed E-state index contributed by atoms with van der Waals surface area (Å²) in [4.78, 5) is 43.8. The maximum absolute atomic E-state index is 12.3. The summed E-state index contributed by atoms with van der Waals surface area (Å²) in [6, 6.07) is 8.24. The minimum Gasteiger partial charge on any atom is -0.466 e. The fraction of sp³-hybridized carbons (Fsp3) is 0.417. The molecule has 1 amide bonds. The third-order valence-electron chi connectivity index (χ3n) is 5.37. The van der Waals surface area contributed by atoms with Gasteiger partial charge in [0.2, 0.25) is 5.91 Å². The highest BCUT2D eigenvalue weighted by molar-refractivity contribution is 5.94. The van der Waals surface area contributed by atoms with Crippen LogP contribution in [0.5, 0.6) is 0 Å². The lowest BCUT2D eigenvalue weighted by Crippen LogP contribution is -2.15. The topological polar surface area (TPSA) is 129 Å². The van der Waals surface area contributed by atoms with E-state index in [0.29, 0.717) is 29.1 Å². The molecule has 0 aliphatic carbocycles. The molecule has 2 heterocycles. The monoisotopic (exact) mass is 467 g/mol. The van der Waals surface area contributed by atoms with Gasteiger partial charge in [-0.15, -0.1) is 0 Å². The Hall–Kier alpha value is -3.82. The van der Waals surface area contributed by atoms with Crippen LogP contribution in [0.25, 0.3) is 11.2 Å². The van der Waals surface area contributed by atoms with Crippen LogP contribution in [-0.4, -0.2) is 37.9 Å². The molecule has 0 saturated carbocycles. The van der Waals surface area contributed by atoms with Crippen molar-refractivity contribution in [3.63, 3.8) is 0 Å². The summed E-state index contributed by atoms with van der Waals surface area (Å²) in [6.07, 6.45) is 2.77. The molecule has 34 heavy (non-hydrogen) atoms. The number of carbonyl (C=O) groups is 2. The second-order valence-corrected chi connectivity index (χ2v) is 7.96. The number of nitro groups is 1. The predicted octanol–water partition coefficient (Wildman–Crippen LogP) is 4.32. The number of pyridine rings is 1. The van der Waals surface area contributed by atoms with Gasteiger partial charge in [-0.25, -0.2) is 9.97 Å². The van der Waals surface area contributed by atoms with E-state index in [4.69, 9.17) is 14.7 Å². The third kappa shape index (κ3) is 6.15. The zero-order chi connectivity index (χ0) is 24.7. The summed E-state index contributed by atoms with van der Waals surface area (Å²) in [6.45, 7) is 6.39. The van der Waals surface area contributed by atoms with Gasteiger partial charge in [0, 0.05) is 25.0 Å². The smallest absolute Gasteiger partial charge is 0.306 e. The first kappa shape index (κ1) is 24.8. The minimum absolute atomic E-state index is 0.0133. The fourth-order valence-electron chi connectivity index (χ4n) is 3.57. The van der Waals surface area contributed by atoms with Crippen LogP contribution in [0.2, 0.25) is 0 Å². The highest BCUT2D eigenvalue weighted by Crippen LogP contribution is 2.24. The molecule has 10 heteroatoms. The molecular formula is C24H29N5O5. The maximum atomic E-state index is 12.3. The van der Waals surface area contributed by atoms with Gasteiger partial charge in [-0.05, 0) is 31.9 Å². The molecule has 180 valence electrons. The van der Waals surface area contributed by atoms with Crippen molar-refractivity contribution < 1.29 is 19.2 Å². The number of benzene rings is 1. The highest BCUT2D eigenvalue weighted by Gasteiger charge is 2.17. The largest absolute Gasteiger partial charge is 0.466 e. The number of fused-ring (bicyclic) bond motifs is 1. The van der Waals surface area contributed by atoms with Gasteiger partial charge >= 0.3 is 5.97 Å². The number of non-ortho nitro benzene ring substituents is 1. The number of nitro benzene ring substituents is 1. The second-order valence-electron chi connectivity index (χ2n) is 7.96. The molecule has 0 aliphatic heterocycles. The summed E-state index contributed by atoms with van der Waals surface area (Å²) in [7, 11) is 0. The molecular weight excluding hydrogens is 438 g/mol. The van der Waals surface area contributed by atoms with Gasteiger partial charge in [0.25, 0.3) is 5.69 Å². The van der Waals surface area contributed by atoms with E-state index in [1.807, 2.05) is 4.57 Å². The number of hydrogen-bond acceptors (Lipinski definition) is 7. The number of nitrogens with one attached hydrogen (secondary N) is 1. The Morgan fingerprint density at radius 3 is 2.53 bits per heavy atom. The molecule has 3 aromatic rings. The summed E-state index contributed by atoms with van der Waals surface area (Å²) in [5, 5.41) is 13.8. The first-order valence-corrected chi connectivity index (χ1v) is 11.4. The van der Waals surface area contributed by atoms with E-state index in [0.717, 1.165) is 30.7 Å². The van der Waals surface area contributed by atoms with Crippen molar-refractivity contribution in [3.05, 3.63) is 57.5 Å². The Kier molecular flexibility index (Phi) is 8.29. The Morgan fingerprint density at radius 1 is 1.15 bits per heavy atom. The number of nitrogens with zero attached hydrogens (tertiary/aromatic N) is 4. The molecule has 0 aliphatic rings. The van der Waals surface area contributed by atoms with E-state index in [-0.39, 0.29) is 31.0 Å². The minimum atomic E-state index is -0.420. The van der Waals surface area contributed by atoms with Crippen molar-refractivity contribution in [2.75, 3.05) is 11.9 Å². The van der Waals surface area contributed by atoms with E-state index in [2.05, 4.69) is 12.2 Å². The number of carbonyl (C=O) groups excluding carboxylic acids is 2. The lowest BCUT2D eigenvalue weighted by molar-refractivity contribution is -0.384. The number of amides is 1. The molecule has 0 bridgehead atoms. The number of ether oxygens (including phenoxy) is 1. The van der Waals surface area contributed by atoms with E-state index >= 15 is 0 Å². The van der Waals surface area contributed by atoms with Crippen LogP contribution >= 0.6 is 0 Å². The standard InChI is InChI=1S/C24H29N5O5/c1-4-6-7-21-26-20-14-19(27-22(30)12-13-23(31)34-5-2)16(3)25-24(20)28(21)15-17-8-10-18(11-9-17)29(32)33/h8-11,14H,4-7,12-13,15H2,1-3H3,(H,27,30). The van der Waals surface area contributed by atoms with Gasteiger partial charge in [0.15, 0.2) is 5.65 Å². The SMILES string of the molecule is CCCCc1nc2cc(NC(=O)CCC(=O)OCC)c(C)nc2n1Cc1ccc([N+](=O)[O-])cc1. The average molecular weight is 468 g/mol. The van der Waals surface area contributed by atoms with Crippen LogP contribution in [0.15, 0.2) is 30.3 Å². The number of imidazole rings is 1. The van der Waals surface area contributed by atoms with Gasteiger partial charge in [-0.3, -0.25) is 19.7 Å². The van der Waals surface area contributed by atoms with Crippen LogP contribution in [0.1, 0.15) is 56.6 Å². The quantitative estimate of drug-likeness (QED) is 0.252. The van der Waals surface area contributed by atoms with Gasteiger partial charge in [-0.2, -0.15) is 0 Å². The average Bonchev–Trinajstić information content (AvgIpc) is 3.13. The molecule has 0 spiro atoms. The highest BCUT2D eigenvalue weighted by atomic mass is 16.6. The second kappa shape index (κ2) is 11.4. The molecule has 0 radical (unpaired) electrons. The third-order valence-corrected chi connectivity index (χ3v) is 5.37. The van der Waals surface area contributed by atoms with Gasteiger partial charge < -0.3 is 14.6 Å². The summed E-state index contributed by atoms with van der Waals surface area (Å²) >= 11 is 0. The fourth-order valence-corrected chi connectivity index (χ4v) is 3.57. The van der Waals surface area contributed by atoms with Crippen molar-refractivity contribution >= 4 is 34.4 Å². The number of hydrogen-bond donors (Lipinski definition) is 1. The predicted molar refractivity (Wildman–Crippen MR) is 128 cm³/mol. The van der Waals surface area contributed by atoms with Crippen molar-refractivity contribution in [1.29, 1.82) is 0 Å². The summed E-state index contributed by atoms with van der Waals surface area (Å²) < 4.78 is 6.88. The summed E-state index contributed by atoms with van der Waals surface area (Å²) in [5.41, 5.74) is 3.46. The molecule has 0 unspecified atom stereocenters. The van der Waals surface area contributed by atoms with E-state index in [9.17, 15) is 19.7 Å². The van der Waals surface area contributed by atoms with Crippen LogP contribution in [-0.2, 0) is 27.3 Å². The zero-order valence-corrected chi connectivity index (χ0v) is 19.7. The molecule has 0 atom stereocenters. The first-order valence-electron chi connectivity index (χ1n) is 11.4. The van der Waals surface area contributed by atoms with E-state index < -0.39 is 10.9 Å². The molecule has 2 aromatic heterocycles. The molecule has 0 saturated heterocycles. The Labute approximate surface area is 197 Å². The number of anilines is 1. The normalized spacial score (nSPS) is 10.9. The zero-order valence-electron chi connectivity index (χ0n) is 19.7. The van der Waals surface area contributed by atoms with Crippen molar-refractivity contribution in [2.45, 2.75) is 59.4 Å². The first-order chi connectivity index (χ1) is 16.3. The van der Waals surface area contributed by atoms with E-state index in [1.54, 1.807) is 32.0 Å². The summed E-state index contributed by atoms with van der Waals surface area (Å²) in [5.74, 6) is 0.162. The number of aryl methyl sites for hydroxylation is 2. The van der Waals surface area contributed by atoms with Crippen molar-refractivity contribution in [3.8, 4) is 0 Å². The van der Waals surface area contributed by atoms with E-state index in [1.165, 1.54) is 12.1 Å². The van der Waals surface area contributed by atoms with Gasteiger partial charge in [-0.1, -0.05) is 25.5 Å². The Bertz CT molecular complexity index is 1190. The van der Waals surface area contributed by atoms with Crippen molar-refractivity contribution in [2.24, 2.45) is 0 Å². The molecule has 1 N–H and O–H groups in total. The van der Waals surface area contributed by atoms with Crippen LogP contribution < -0.4 is 5.32 Å². The molecule has 0 fully saturated rings. The van der Waals surface area contributed by atoms with Gasteiger partial charge in [0.1, 0.15) is 11.3 Å².